The van der Waals surface area contributed by atoms with Gasteiger partial charge < -0.3 is 30.6 Å². The van der Waals surface area contributed by atoms with E-state index in [0.29, 0.717) is 32.4 Å². The van der Waals surface area contributed by atoms with Crippen LogP contribution in [0, 0.1) is 0 Å². The van der Waals surface area contributed by atoms with Crippen molar-refractivity contribution in [1.29, 1.82) is 0 Å². The second kappa shape index (κ2) is 10.7. The Kier molecular flexibility index (Phi) is 9.32. The van der Waals surface area contributed by atoms with Crippen molar-refractivity contribution in [2.24, 2.45) is 5.73 Å². The summed E-state index contributed by atoms with van der Waals surface area (Å²) in [5.74, 6) is -1.09. The van der Waals surface area contributed by atoms with Gasteiger partial charge in [0.15, 0.2) is 0 Å². The molecule has 1 aromatic carbocycles. The van der Waals surface area contributed by atoms with Crippen molar-refractivity contribution in [2.45, 2.75) is 18.8 Å². The fourth-order valence-electron chi connectivity index (χ4n) is 3.12. The standard InChI is InChI=1S/C16H22BN3O6.2ClH/c18-13(21)7-19-5-6-20-8-11(9-20)25-12-2-1-10-3-4-17(24)26-15(10)14(12)16(22)23;;/h1-2,11,19,24H,3-9H2,(H2,18,21)(H,22,23);2*1H. The minimum Gasteiger partial charge on any atom is -0.535 e. The maximum absolute atomic E-state index is 11.7. The number of nitrogens with two attached hydrogens (primary N) is 1. The lowest BCUT2D eigenvalue weighted by Crippen LogP contribution is -2.55. The number of carboxylic acids is 1. The zero-order valence-corrected chi connectivity index (χ0v) is 16.8. The Bertz CT molecular complexity index is 705. The van der Waals surface area contributed by atoms with Crippen LogP contribution < -0.4 is 20.4 Å². The number of nitrogens with one attached hydrogen (secondary N) is 1. The van der Waals surface area contributed by atoms with E-state index in [1.807, 2.05) is 0 Å². The summed E-state index contributed by atoms with van der Waals surface area (Å²) in [4.78, 5) is 24.5. The number of nitrogens with zero attached hydrogens (tertiary/aromatic N) is 1. The number of carboxylic acid groups (broad SMARTS) is 1. The molecule has 2 aliphatic heterocycles. The van der Waals surface area contributed by atoms with E-state index in [2.05, 4.69) is 10.2 Å². The fourth-order valence-corrected chi connectivity index (χ4v) is 3.12. The topological polar surface area (TPSA) is 134 Å². The molecular weight excluding hydrogens is 412 g/mol. The summed E-state index contributed by atoms with van der Waals surface area (Å²) in [6.07, 6.45) is 0.885. The van der Waals surface area contributed by atoms with Gasteiger partial charge in [0.05, 0.1) is 6.54 Å². The molecule has 2 heterocycles. The van der Waals surface area contributed by atoms with E-state index in [1.165, 1.54) is 0 Å². The number of hydrogen-bond acceptors (Lipinski definition) is 7. The Hall–Kier alpha value is -1.72. The predicted octanol–water partition coefficient (Wildman–Crippen LogP) is -0.218. The van der Waals surface area contributed by atoms with Crippen LogP contribution in [-0.4, -0.2) is 72.9 Å². The van der Waals surface area contributed by atoms with Gasteiger partial charge in [-0.15, -0.1) is 24.8 Å². The summed E-state index contributed by atoms with van der Waals surface area (Å²) in [5.41, 5.74) is 5.77. The van der Waals surface area contributed by atoms with Crippen LogP contribution in [0.25, 0.3) is 0 Å². The van der Waals surface area contributed by atoms with Crippen LogP contribution >= 0.6 is 24.8 Å². The van der Waals surface area contributed by atoms with Crippen molar-refractivity contribution >= 4 is 43.8 Å². The van der Waals surface area contributed by atoms with E-state index in [0.717, 1.165) is 12.1 Å². The van der Waals surface area contributed by atoms with Gasteiger partial charge in [0.1, 0.15) is 23.2 Å². The molecule has 1 saturated heterocycles. The molecule has 0 unspecified atom stereocenters. The number of ether oxygens (including phenoxy) is 1. The highest BCUT2D eigenvalue weighted by atomic mass is 35.5. The third kappa shape index (κ3) is 5.89. The summed E-state index contributed by atoms with van der Waals surface area (Å²) in [7, 11) is -0.997. The lowest BCUT2D eigenvalue weighted by atomic mass is 9.78. The van der Waals surface area contributed by atoms with Gasteiger partial charge >= 0.3 is 13.1 Å². The molecule has 1 fully saturated rings. The molecule has 1 amide bonds. The monoisotopic (exact) mass is 435 g/mol. The molecule has 0 atom stereocenters. The number of carbonyl (C=O) groups excluding carboxylic acids is 1. The third-order valence-corrected chi connectivity index (χ3v) is 4.45. The molecule has 0 spiro atoms. The Morgan fingerprint density at radius 1 is 1.36 bits per heavy atom. The van der Waals surface area contributed by atoms with Gasteiger partial charge in [-0.1, -0.05) is 6.07 Å². The molecule has 0 aliphatic carbocycles. The molecule has 1 aromatic rings. The molecule has 28 heavy (non-hydrogen) atoms. The first-order valence-corrected chi connectivity index (χ1v) is 8.56. The number of amides is 1. The van der Waals surface area contributed by atoms with Gasteiger partial charge in [0.25, 0.3) is 0 Å². The number of halogens is 2. The number of aryl methyl sites for hydroxylation is 1. The van der Waals surface area contributed by atoms with Crippen molar-refractivity contribution in [3.63, 3.8) is 0 Å². The van der Waals surface area contributed by atoms with Gasteiger partial charge in [-0.2, -0.15) is 0 Å². The van der Waals surface area contributed by atoms with Gasteiger partial charge in [0.2, 0.25) is 5.91 Å². The minimum atomic E-state index is -1.14. The lowest BCUT2D eigenvalue weighted by molar-refractivity contribution is -0.117. The number of hydrogen-bond donors (Lipinski definition) is 4. The third-order valence-electron chi connectivity index (χ3n) is 4.45. The number of benzene rings is 1. The zero-order valence-electron chi connectivity index (χ0n) is 15.1. The predicted molar refractivity (Wildman–Crippen MR) is 108 cm³/mol. The zero-order chi connectivity index (χ0) is 18.7. The van der Waals surface area contributed by atoms with Crippen LogP contribution in [0.5, 0.6) is 11.5 Å². The van der Waals surface area contributed by atoms with E-state index in [1.54, 1.807) is 12.1 Å². The lowest BCUT2D eigenvalue weighted by Gasteiger charge is -2.39. The van der Waals surface area contributed by atoms with Gasteiger partial charge in [-0.25, -0.2) is 4.79 Å². The molecule has 9 nitrogen and oxygen atoms in total. The first-order chi connectivity index (χ1) is 12.4. The van der Waals surface area contributed by atoms with Crippen molar-refractivity contribution in [3.8, 4) is 11.5 Å². The minimum absolute atomic E-state index is 0. The summed E-state index contributed by atoms with van der Waals surface area (Å²) < 4.78 is 11.2. The smallest absolute Gasteiger partial charge is 0.522 e. The molecule has 0 bridgehead atoms. The molecule has 0 aromatic heterocycles. The molecule has 0 radical (unpaired) electrons. The summed E-state index contributed by atoms with van der Waals surface area (Å²) in [6.45, 7) is 2.87. The SMILES string of the molecule is Cl.Cl.NC(=O)CNCCN1CC(Oc2ccc3c(c2C(=O)O)OB(O)CC3)C1. The quantitative estimate of drug-likeness (QED) is 0.325. The Balaban J connectivity index is 0.00000196. The van der Waals surface area contributed by atoms with Crippen molar-refractivity contribution in [2.75, 3.05) is 32.7 Å². The second-order valence-electron chi connectivity index (χ2n) is 6.49. The van der Waals surface area contributed by atoms with E-state index in [-0.39, 0.29) is 54.5 Å². The molecule has 156 valence electrons. The maximum atomic E-state index is 11.7. The normalized spacial score (nSPS) is 16.0. The molecular formula is C16H24BCl2N3O6. The molecule has 5 N–H and O–H groups in total. The van der Waals surface area contributed by atoms with Crippen molar-refractivity contribution in [3.05, 3.63) is 23.3 Å². The Morgan fingerprint density at radius 2 is 2.07 bits per heavy atom. The highest BCUT2D eigenvalue weighted by Crippen LogP contribution is 2.37. The average molecular weight is 436 g/mol. The van der Waals surface area contributed by atoms with Crippen LogP contribution in [0.2, 0.25) is 6.32 Å². The number of fused-ring (bicyclic) bond motifs is 1. The van der Waals surface area contributed by atoms with E-state index in [4.69, 9.17) is 15.1 Å². The van der Waals surface area contributed by atoms with Crippen molar-refractivity contribution < 1.29 is 29.1 Å². The van der Waals surface area contributed by atoms with Gasteiger partial charge in [0, 0.05) is 26.2 Å². The maximum Gasteiger partial charge on any atom is 0.522 e. The van der Waals surface area contributed by atoms with Crippen LogP contribution in [0.15, 0.2) is 12.1 Å². The van der Waals surface area contributed by atoms with E-state index >= 15 is 0 Å². The summed E-state index contributed by atoms with van der Waals surface area (Å²) in [6, 6.07) is 3.44. The Morgan fingerprint density at radius 3 is 2.71 bits per heavy atom. The van der Waals surface area contributed by atoms with Gasteiger partial charge in [-0.05, 0) is 24.4 Å². The van der Waals surface area contributed by atoms with Crippen LogP contribution in [0.1, 0.15) is 15.9 Å². The van der Waals surface area contributed by atoms with Gasteiger partial charge in [-0.3, -0.25) is 9.69 Å². The highest BCUT2D eigenvalue weighted by Gasteiger charge is 2.33. The van der Waals surface area contributed by atoms with E-state index < -0.39 is 19.0 Å². The Labute approximate surface area is 175 Å². The number of carbonyl (C=O) groups is 2. The van der Waals surface area contributed by atoms with Crippen molar-refractivity contribution in [1.82, 2.24) is 10.2 Å². The second-order valence-corrected chi connectivity index (χ2v) is 6.49. The summed E-state index contributed by atoms with van der Waals surface area (Å²) in [5, 5.41) is 22.2. The molecule has 2 aliphatic rings. The average Bonchev–Trinajstić information content (AvgIpc) is 2.54. The fraction of sp³-hybridized carbons (Fsp3) is 0.500. The van der Waals surface area contributed by atoms with Crippen LogP contribution in [0.3, 0.4) is 0 Å². The number of primary amides is 1. The number of rotatable bonds is 8. The number of aromatic carboxylic acids is 1. The molecule has 0 saturated carbocycles. The summed E-state index contributed by atoms with van der Waals surface area (Å²) >= 11 is 0. The first-order valence-electron chi connectivity index (χ1n) is 8.56. The largest absolute Gasteiger partial charge is 0.535 e. The van der Waals surface area contributed by atoms with Crippen LogP contribution in [-0.2, 0) is 11.2 Å². The highest BCUT2D eigenvalue weighted by molar-refractivity contribution is 6.44. The molecule has 12 heteroatoms. The number of likely N-dealkylation sites (tertiary alicyclic amines) is 1. The van der Waals surface area contributed by atoms with E-state index in [9.17, 15) is 19.7 Å². The first kappa shape index (κ1) is 24.3. The van der Waals surface area contributed by atoms with Crippen LogP contribution in [0.4, 0.5) is 0 Å². The molecule has 3 rings (SSSR count).